The van der Waals surface area contributed by atoms with Crippen LogP contribution in [0, 0.1) is 6.92 Å². The molecule has 1 atom stereocenters. The van der Waals surface area contributed by atoms with Crippen molar-refractivity contribution in [2.75, 3.05) is 0 Å². The minimum absolute atomic E-state index is 0.0205. The molecule has 4 rings (SSSR count). The van der Waals surface area contributed by atoms with Crippen molar-refractivity contribution < 1.29 is 19.1 Å². The van der Waals surface area contributed by atoms with E-state index in [0.29, 0.717) is 30.3 Å². The quantitative estimate of drug-likeness (QED) is 0.749. The number of aromatic nitrogens is 1. The molecule has 0 saturated heterocycles. The highest BCUT2D eigenvalue weighted by molar-refractivity contribution is 7.13. The van der Waals surface area contributed by atoms with Crippen molar-refractivity contribution in [3.63, 3.8) is 0 Å². The zero-order valence-corrected chi connectivity index (χ0v) is 15.5. The molecule has 3 heterocycles. The van der Waals surface area contributed by atoms with Gasteiger partial charge in [0.15, 0.2) is 0 Å². The predicted molar refractivity (Wildman–Crippen MR) is 100 cm³/mol. The van der Waals surface area contributed by atoms with Gasteiger partial charge in [-0.1, -0.05) is 30.3 Å². The maximum Gasteiger partial charge on any atom is 0.326 e. The minimum atomic E-state index is -0.992. The van der Waals surface area contributed by atoms with Crippen molar-refractivity contribution in [2.45, 2.75) is 32.4 Å². The molecule has 0 saturated carbocycles. The van der Waals surface area contributed by atoms with Gasteiger partial charge in [-0.15, -0.1) is 11.3 Å². The van der Waals surface area contributed by atoms with Crippen LogP contribution in [0.3, 0.4) is 0 Å². The van der Waals surface area contributed by atoms with Gasteiger partial charge < -0.3 is 14.4 Å². The molecule has 2 aromatic heterocycles. The fourth-order valence-electron chi connectivity index (χ4n) is 3.35. The number of thiophene rings is 1. The van der Waals surface area contributed by atoms with Gasteiger partial charge in [0.2, 0.25) is 11.8 Å². The number of amides is 1. The number of hydrogen-bond acceptors (Lipinski definition) is 5. The third kappa shape index (κ3) is 3.38. The average molecular weight is 382 g/mol. The Morgan fingerprint density at radius 3 is 2.74 bits per heavy atom. The number of carbonyl (C=O) groups excluding carboxylic acids is 1. The summed E-state index contributed by atoms with van der Waals surface area (Å²) in [6.45, 7) is 2.06. The van der Waals surface area contributed by atoms with E-state index in [-0.39, 0.29) is 12.3 Å². The molecular weight excluding hydrogens is 364 g/mol. The highest BCUT2D eigenvalue weighted by Gasteiger charge is 2.34. The van der Waals surface area contributed by atoms with Gasteiger partial charge in [-0.25, -0.2) is 9.78 Å². The number of aryl methyl sites for hydroxylation is 1. The van der Waals surface area contributed by atoms with Gasteiger partial charge in [0, 0.05) is 13.0 Å². The zero-order valence-electron chi connectivity index (χ0n) is 14.7. The van der Waals surface area contributed by atoms with E-state index in [4.69, 9.17) is 4.42 Å². The topological polar surface area (TPSA) is 83.6 Å². The molecule has 27 heavy (non-hydrogen) atoms. The van der Waals surface area contributed by atoms with Crippen LogP contribution < -0.4 is 0 Å². The molecule has 1 aliphatic heterocycles. The van der Waals surface area contributed by atoms with Crippen molar-refractivity contribution in [1.82, 2.24) is 9.88 Å². The number of oxazole rings is 1. The first-order chi connectivity index (χ1) is 13.0. The van der Waals surface area contributed by atoms with Crippen molar-refractivity contribution in [3.8, 4) is 10.8 Å². The molecule has 0 spiro atoms. The van der Waals surface area contributed by atoms with E-state index in [1.54, 1.807) is 6.92 Å². The Hall–Kier alpha value is -2.93. The predicted octanol–water partition coefficient (Wildman–Crippen LogP) is 3.29. The van der Waals surface area contributed by atoms with Gasteiger partial charge in [0.25, 0.3) is 0 Å². The molecule has 1 aromatic carbocycles. The average Bonchev–Trinajstić information content (AvgIpc) is 3.31. The number of carboxylic acid groups (broad SMARTS) is 1. The molecule has 1 unspecified atom stereocenters. The fraction of sp³-hybridized carbons (Fsp3) is 0.250. The Morgan fingerprint density at radius 2 is 2.04 bits per heavy atom. The van der Waals surface area contributed by atoms with E-state index in [9.17, 15) is 14.7 Å². The molecule has 1 amide bonds. The lowest BCUT2D eigenvalue weighted by Gasteiger charge is -2.34. The standard InChI is InChI=1S/C20H18N2O4S/c1-12-15(21-19(26-12)17-7-4-8-27-17)10-18(23)22-11-14-6-3-2-5-13(14)9-16(22)20(24)25/h2-8,16H,9-11H2,1H3,(H,24,25). The lowest BCUT2D eigenvalue weighted by Crippen LogP contribution is -2.49. The summed E-state index contributed by atoms with van der Waals surface area (Å²) in [5.74, 6) is -0.180. The minimum Gasteiger partial charge on any atom is -0.480 e. The number of hydrogen-bond donors (Lipinski definition) is 1. The van der Waals surface area contributed by atoms with E-state index in [1.165, 1.54) is 16.2 Å². The molecule has 3 aromatic rings. The number of rotatable bonds is 4. The summed E-state index contributed by atoms with van der Waals surface area (Å²) in [6.07, 6.45) is 0.335. The first-order valence-electron chi connectivity index (χ1n) is 8.62. The van der Waals surface area contributed by atoms with Gasteiger partial charge in [-0.05, 0) is 29.5 Å². The monoisotopic (exact) mass is 382 g/mol. The molecule has 0 fully saturated rings. The highest BCUT2D eigenvalue weighted by Crippen LogP contribution is 2.28. The lowest BCUT2D eigenvalue weighted by atomic mass is 9.93. The van der Waals surface area contributed by atoms with E-state index >= 15 is 0 Å². The van der Waals surface area contributed by atoms with Crippen LogP contribution >= 0.6 is 11.3 Å². The van der Waals surface area contributed by atoms with Crippen LogP contribution in [-0.4, -0.2) is 32.9 Å². The summed E-state index contributed by atoms with van der Waals surface area (Å²) in [4.78, 5) is 31.4. The molecule has 1 N–H and O–H groups in total. The largest absolute Gasteiger partial charge is 0.480 e. The number of benzene rings is 1. The number of aliphatic carboxylic acids is 1. The molecule has 0 aliphatic carbocycles. The van der Waals surface area contributed by atoms with E-state index < -0.39 is 12.0 Å². The van der Waals surface area contributed by atoms with Crippen LogP contribution in [0.5, 0.6) is 0 Å². The molecular formula is C20H18N2O4S. The summed E-state index contributed by atoms with van der Waals surface area (Å²) in [7, 11) is 0. The van der Waals surface area contributed by atoms with Crippen LogP contribution in [0.2, 0.25) is 0 Å². The number of carboxylic acids is 1. The Bertz CT molecular complexity index is 993. The normalized spacial score (nSPS) is 16.2. The second kappa shape index (κ2) is 7.00. The van der Waals surface area contributed by atoms with Crippen LogP contribution in [0.25, 0.3) is 10.8 Å². The first-order valence-corrected chi connectivity index (χ1v) is 9.50. The van der Waals surface area contributed by atoms with E-state index in [2.05, 4.69) is 4.98 Å². The third-order valence-corrected chi connectivity index (χ3v) is 5.66. The summed E-state index contributed by atoms with van der Waals surface area (Å²) in [5.41, 5.74) is 2.51. The number of nitrogens with zero attached hydrogens (tertiary/aromatic N) is 2. The highest BCUT2D eigenvalue weighted by atomic mass is 32.1. The third-order valence-electron chi connectivity index (χ3n) is 4.80. The summed E-state index contributed by atoms with van der Waals surface area (Å²) < 4.78 is 5.69. The fourth-order valence-corrected chi connectivity index (χ4v) is 4.00. The molecule has 0 bridgehead atoms. The van der Waals surface area contributed by atoms with Crippen LogP contribution in [0.4, 0.5) is 0 Å². The molecule has 138 valence electrons. The van der Waals surface area contributed by atoms with Crippen molar-refractivity contribution in [2.24, 2.45) is 0 Å². The molecule has 7 heteroatoms. The van der Waals surface area contributed by atoms with Crippen LogP contribution in [0.1, 0.15) is 22.6 Å². The van der Waals surface area contributed by atoms with E-state index in [1.807, 2.05) is 41.8 Å². The second-order valence-electron chi connectivity index (χ2n) is 6.52. The molecule has 1 aliphatic rings. The SMILES string of the molecule is Cc1oc(-c2cccs2)nc1CC(=O)N1Cc2ccccc2CC1C(=O)O. The van der Waals surface area contributed by atoms with E-state index in [0.717, 1.165) is 16.0 Å². The summed E-state index contributed by atoms with van der Waals surface area (Å²) in [5, 5.41) is 11.5. The van der Waals surface area contributed by atoms with Gasteiger partial charge in [0.1, 0.15) is 11.8 Å². The summed E-state index contributed by atoms with van der Waals surface area (Å²) in [6, 6.07) is 10.6. The van der Waals surface area contributed by atoms with Crippen LogP contribution in [0.15, 0.2) is 46.2 Å². The van der Waals surface area contributed by atoms with Gasteiger partial charge in [-0.2, -0.15) is 0 Å². The molecule has 6 nitrogen and oxygen atoms in total. The van der Waals surface area contributed by atoms with Crippen molar-refractivity contribution in [3.05, 3.63) is 64.4 Å². The smallest absolute Gasteiger partial charge is 0.326 e. The first kappa shape index (κ1) is 17.5. The maximum atomic E-state index is 12.9. The Labute approximate surface area is 160 Å². The Kier molecular flexibility index (Phi) is 4.53. The van der Waals surface area contributed by atoms with Gasteiger partial charge in [0.05, 0.1) is 17.0 Å². The van der Waals surface area contributed by atoms with Crippen molar-refractivity contribution >= 4 is 23.2 Å². The Balaban J connectivity index is 1.58. The van der Waals surface area contributed by atoms with Gasteiger partial charge in [-0.3, -0.25) is 4.79 Å². The van der Waals surface area contributed by atoms with Crippen LogP contribution in [-0.2, 0) is 29.0 Å². The molecule has 0 radical (unpaired) electrons. The lowest BCUT2D eigenvalue weighted by molar-refractivity contribution is -0.151. The van der Waals surface area contributed by atoms with Gasteiger partial charge >= 0.3 is 5.97 Å². The maximum absolute atomic E-state index is 12.9. The zero-order chi connectivity index (χ0) is 19.0. The van der Waals surface area contributed by atoms with Crippen molar-refractivity contribution in [1.29, 1.82) is 0 Å². The second-order valence-corrected chi connectivity index (χ2v) is 7.47. The number of carbonyl (C=O) groups is 2. The number of fused-ring (bicyclic) bond motifs is 1. The summed E-state index contributed by atoms with van der Waals surface area (Å²) >= 11 is 1.51. The Morgan fingerprint density at radius 1 is 1.26 bits per heavy atom.